The van der Waals surface area contributed by atoms with Crippen LogP contribution in [-0.4, -0.2) is 39.2 Å². The smallest absolute Gasteiger partial charge is 0.369 e. The average molecular weight is 351 g/mol. The second kappa shape index (κ2) is 5.30. The molecule has 0 aliphatic heterocycles. The summed E-state index contributed by atoms with van der Waals surface area (Å²) in [6, 6.07) is 2.22. The van der Waals surface area contributed by atoms with Crippen molar-refractivity contribution in [2.45, 2.75) is 18.0 Å². The Kier molecular flexibility index (Phi) is 4.47. The van der Waals surface area contributed by atoms with Gasteiger partial charge in [-0.2, -0.15) is 26.3 Å². The summed E-state index contributed by atoms with van der Waals surface area (Å²) >= 11 is 0. The summed E-state index contributed by atoms with van der Waals surface area (Å²) in [4.78, 5) is 0. The number of sulfonamides is 1. The fourth-order valence-corrected chi connectivity index (χ4v) is 2.10. The van der Waals surface area contributed by atoms with E-state index in [0.717, 1.165) is 25.4 Å². The van der Waals surface area contributed by atoms with Crippen LogP contribution in [0.4, 0.5) is 32.0 Å². The van der Waals surface area contributed by atoms with E-state index >= 15 is 0 Å². The molecule has 0 saturated heterocycles. The third-order valence-electron chi connectivity index (χ3n) is 2.97. The first-order valence-corrected chi connectivity index (χ1v) is 7.37. The summed E-state index contributed by atoms with van der Waals surface area (Å²) in [6.45, 7) is 0. The summed E-state index contributed by atoms with van der Waals surface area (Å²) in [5.41, 5.74) is -6.65. The molecule has 4 nitrogen and oxygen atoms in total. The molecule has 0 bridgehead atoms. The molecule has 126 valence electrons. The highest BCUT2D eigenvalue weighted by Gasteiger charge is 2.71. The Hall–Kier alpha value is -1.49. The lowest BCUT2D eigenvalue weighted by atomic mass is 9.92. The van der Waals surface area contributed by atoms with Crippen molar-refractivity contribution in [2.75, 3.05) is 17.6 Å². The molecule has 0 spiro atoms. The van der Waals surface area contributed by atoms with E-state index in [2.05, 4.69) is 0 Å². The second-order valence-electron chi connectivity index (χ2n) is 4.48. The molecule has 0 radical (unpaired) electrons. The summed E-state index contributed by atoms with van der Waals surface area (Å²) in [7, 11) is -2.66. The molecule has 0 aliphatic carbocycles. The third-order valence-corrected chi connectivity index (χ3v) is 4.17. The lowest BCUT2D eigenvalue weighted by Gasteiger charge is -2.32. The van der Waals surface area contributed by atoms with Crippen molar-refractivity contribution in [3.8, 4) is 0 Å². The van der Waals surface area contributed by atoms with Crippen molar-refractivity contribution < 1.29 is 39.9 Å². The van der Waals surface area contributed by atoms with Crippen molar-refractivity contribution in [3.05, 3.63) is 29.8 Å². The molecule has 11 heteroatoms. The van der Waals surface area contributed by atoms with Crippen LogP contribution in [-0.2, 0) is 15.6 Å². The zero-order valence-corrected chi connectivity index (χ0v) is 12.0. The number of aliphatic hydroxyl groups is 1. The summed E-state index contributed by atoms with van der Waals surface area (Å²) < 4.78 is 99.1. The molecule has 0 aliphatic rings. The van der Waals surface area contributed by atoms with E-state index in [-0.39, 0.29) is 5.69 Å². The molecule has 0 fully saturated rings. The van der Waals surface area contributed by atoms with Crippen LogP contribution < -0.4 is 4.31 Å². The van der Waals surface area contributed by atoms with Crippen LogP contribution in [0.2, 0.25) is 0 Å². The Balaban J connectivity index is 3.39. The molecular formula is C11H11F6NO3S. The zero-order valence-electron chi connectivity index (χ0n) is 11.2. The number of nitrogens with zero attached hydrogens (tertiary/aromatic N) is 1. The highest BCUT2D eigenvalue weighted by Crippen LogP contribution is 2.50. The first-order chi connectivity index (χ1) is 9.62. The fourth-order valence-electron chi connectivity index (χ4n) is 1.59. The molecule has 1 aromatic rings. The Morgan fingerprint density at radius 1 is 0.955 bits per heavy atom. The summed E-state index contributed by atoms with van der Waals surface area (Å²) in [5, 5.41) is 9.16. The van der Waals surface area contributed by atoms with Gasteiger partial charge in [0.1, 0.15) is 0 Å². The van der Waals surface area contributed by atoms with Gasteiger partial charge in [-0.1, -0.05) is 12.1 Å². The molecule has 22 heavy (non-hydrogen) atoms. The van der Waals surface area contributed by atoms with Crippen LogP contribution in [0.1, 0.15) is 5.56 Å². The van der Waals surface area contributed by atoms with Crippen molar-refractivity contribution >= 4 is 15.7 Å². The zero-order chi connectivity index (χ0) is 17.6. The molecule has 0 saturated carbocycles. The number of hydrogen-bond donors (Lipinski definition) is 1. The number of benzene rings is 1. The van der Waals surface area contributed by atoms with Crippen molar-refractivity contribution in [1.29, 1.82) is 0 Å². The van der Waals surface area contributed by atoms with E-state index in [0.29, 0.717) is 16.4 Å². The predicted octanol–water partition coefficient (Wildman–Crippen LogP) is 2.39. The van der Waals surface area contributed by atoms with E-state index in [1.165, 1.54) is 0 Å². The maximum Gasteiger partial charge on any atom is 0.430 e. The van der Waals surface area contributed by atoms with Gasteiger partial charge in [-0.15, -0.1) is 0 Å². The Morgan fingerprint density at radius 3 is 1.59 bits per heavy atom. The molecule has 1 N–H and O–H groups in total. The van der Waals surface area contributed by atoms with Crippen LogP contribution in [0.25, 0.3) is 0 Å². The number of halogens is 6. The van der Waals surface area contributed by atoms with Gasteiger partial charge in [-0.3, -0.25) is 4.31 Å². The molecular weight excluding hydrogens is 340 g/mol. The maximum atomic E-state index is 12.7. The lowest BCUT2D eigenvalue weighted by Crippen LogP contribution is -2.53. The van der Waals surface area contributed by atoms with Gasteiger partial charge in [0.15, 0.2) is 0 Å². The van der Waals surface area contributed by atoms with Crippen LogP contribution in [0, 0.1) is 0 Å². The van der Waals surface area contributed by atoms with E-state index in [1.54, 1.807) is 0 Å². The second-order valence-corrected chi connectivity index (χ2v) is 6.50. The molecule has 1 aromatic carbocycles. The molecule has 0 atom stereocenters. The van der Waals surface area contributed by atoms with Crippen molar-refractivity contribution in [2.24, 2.45) is 0 Å². The first-order valence-electron chi connectivity index (χ1n) is 5.52. The van der Waals surface area contributed by atoms with Gasteiger partial charge in [-0.05, 0) is 12.1 Å². The van der Waals surface area contributed by atoms with Gasteiger partial charge in [0, 0.05) is 12.6 Å². The normalized spacial score (nSPS) is 14.0. The van der Waals surface area contributed by atoms with E-state index < -0.39 is 33.5 Å². The summed E-state index contributed by atoms with van der Waals surface area (Å²) in [6.07, 6.45) is -11.2. The minimum atomic E-state index is -5.99. The molecule has 0 heterocycles. The van der Waals surface area contributed by atoms with E-state index in [1.807, 2.05) is 0 Å². The van der Waals surface area contributed by atoms with Crippen molar-refractivity contribution in [1.82, 2.24) is 0 Å². The highest BCUT2D eigenvalue weighted by atomic mass is 32.2. The van der Waals surface area contributed by atoms with Gasteiger partial charge < -0.3 is 5.11 Å². The first kappa shape index (κ1) is 18.6. The number of rotatable bonds is 3. The SMILES string of the molecule is CN(c1ccc(C(O)(C(F)(F)F)C(F)(F)F)cc1)S(C)(=O)=O. The van der Waals surface area contributed by atoms with Crippen LogP contribution in [0.3, 0.4) is 0 Å². The fraction of sp³-hybridized carbons (Fsp3) is 0.455. The molecule has 1 rings (SSSR count). The van der Waals surface area contributed by atoms with Crippen LogP contribution in [0.15, 0.2) is 24.3 Å². The van der Waals surface area contributed by atoms with Crippen molar-refractivity contribution in [3.63, 3.8) is 0 Å². The number of alkyl halides is 6. The van der Waals surface area contributed by atoms with Gasteiger partial charge in [-0.25, -0.2) is 8.42 Å². The highest BCUT2D eigenvalue weighted by molar-refractivity contribution is 7.92. The average Bonchev–Trinajstić information content (AvgIpc) is 2.33. The van der Waals surface area contributed by atoms with Gasteiger partial charge in [0.05, 0.1) is 11.9 Å². The lowest BCUT2D eigenvalue weighted by molar-refractivity contribution is -0.376. The minimum Gasteiger partial charge on any atom is -0.369 e. The topological polar surface area (TPSA) is 57.6 Å². The van der Waals surface area contributed by atoms with E-state index in [9.17, 15) is 34.8 Å². The van der Waals surface area contributed by atoms with Gasteiger partial charge >= 0.3 is 12.4 Å². The Labute approximate surface area is 122 Å². The van der Waals surface area contributed by atoms with Gasteiger partial charge in [0.2, 0.25) is 10.0 Å². The number of anilines is 1. The third kappa shape index (κ3) is 3.14. The molecule has 0 amide bonds. The van der Waals surface area contributed by atoms with Crippen LogP contribution >= 0.6 is 0 Å². The minimum absolute atomic E-state index is 0.155. The Bertz CT molecular complexity index is 621. The monoisotopic (exact) mass is 351 g/mol. The predicted molar refractivity (Wildman–Crippen MR) is 65.7 cm³/mol. The Morgan fingerprint density at radius 2 is 1.32 bits per heavy atom. The standard InChI is InChI=1S/C11H11F6NO3S/c1-18(22(2,20)21)8-5-3-7(4-6-8)9(19,10(12,13)14)11(15,16)17/h3-6,19H,1-2H3. The quantitative estimate of drug-likeness (QED) is 0.851. The van der Waals surface area contributed by atoms with Gasteiger partial charge in [0.25, 0.3) is 5.60 Å². The van der Waals surface area contributed by atoms with Crippen LogP contribution in [0.5, 0.6) is 0 Å². The number of hydrogen-bond acceptors (Lipinski definition) is 3. The van der Waals surface area contributed by atoms with E-state index in [4.69, 9.17) is 5.11 Å². The molecule has 0 unspecified atom stereocenters. The summed E-state index contributed by atoms with van der Waals surface area (Å²) in [5.74, 6) is 0. The maximum absolute atomic E-state index is 12.7. The largest absolute Gasteiger partial charge is 0.430 e. The molecule has 0 aromatic heterocycles.